The molecule has 0 aliphatic rings. The zero-order chi connectivity index (χ0) is 8.27. The molecular formula is C7H11BrClNOS. The Morgan fingerprint density at radius 2 is 2.33 bits per heavy atom. The van der Waals surface area contributed by atoms with Crippen LogP contribution in [0.5, 0.6) is 0 Å². The first-order chi connectivity index (χ1) is 5.24. The van der Waals surface area contributed by atoms with Crippen molar-refractivity contribution in [1.82, 2.24) is 0 Å². The third-order valence-corrected chi connectivity index (χ3v) is 3.22. The Labute approximate surface area is 90.3 Å². The van der Waals surface area contributed by atoms with Gasteiger partial charge >= 0.3 is 0 Å². The second-order valence-corrected chi connectivity index (χ2v) is 4.14. The molecule has 0 unspecified atom stereocenters. The van der Waals surface area contributed by atoms with Gasteiger partial charge in [0.05, 0.1) is 0 Å². The monoisotopic (exact) mass is 271 g/mol. The normalized spacial score (nSPS) is 12.2. The fourth-order valence-corrected chi connectivity index (χ4v) is 2.29. The van der Waals surface area contributed by atoms with Crippen LogP contribution in [0.2, 0.25) is 0 Å². The maximum absolute atomic E-state index is 8.62. The van der Waals surface area contributed by atoms with Crippen molar-refractivity contribution in [2.24, 2.45) is 5.73 Å². The van der Waals surface area contributed by atoms with E-state index in [0.29, 0.717) is 6.42 Å². The highest BCUT2D eigenvalue weighted by atomic mass is 79.9. The van der Waals surface area contributed by atoms with Crippen LogP contribution in [0.4, 0.5) is 0 Å². The largest absolute Gasteiger partial charge is 0.396 e. The van der Waals surface area contributed by atoms with Crippen LogP contribution in [0.15, 0.2) is 15.9 Å². The van der Waals surface area contributed by atoms with E-state index in [-0.39, 0.29) is 25.1 Å². The van der Waals surface area contributed by atoms with Crippen LogP contribution in [0.25, 0.3) is 0 Å². The van der Waals surface area contributed by atoms with E-state index in [1.165, 1.54) is 0 Å². The van der Waals surface area contributed by atoms with Gasteiger partial charge in [0.15, 0.2) is 0 Å². The molecule has 12 heavy (non-hydrogen) atoms. The summed E-state index contributed by atoms with van der Waals surface area (Å²) in [6.07, 6.45) is 0.632. The third-order valence-electron chi connectivity index (χ3n) is 1.39. The summed E-state index contributed by atoms with van der Waals surface area (Å²) >= 11 is 4.96. The van der Waals surface area contributed by atoms with E-state index in [1.54, 1.807) is 11.3 Å². The summed E-state index contributed by atoms with van der Waals surface area (Å²) in [4.78, 5) is 1.12. The molecule has 1 atom stereocenters. The number of thiophene rings is 1. The van der Waals surface area contributed by atoms with Crippen molar-refractivity contribution in [2.75, 3.05) is 6.61 Å². The number of rotatable bonds is 3. The number of hydrogen-bond acceptors (Lipinski definition) is 3. The first-order valence-corrected chi connectivity index (χ1v) is 5.01. The standard InChI is InChI=1S/C7H10BrNOS.ClH/c8-5-3-7(11-4-5)6(9)1-2-10;/h3-4,6,10H,1-2,9H2;1H/t6-;/m1./s1. The van der Waals surface area contributed by atoms with Crippen LogP contribution in [0, 0.1) is 0 Å². The molecule has 0 fully saturated rings. The fourth-order valence-electron chi connectivity index (χ4n) is 0.804. The molecule has 0 aromatic carbocycles. The van der Waals surface area contributed by atoms with Crippen molar-refractivity contribution in [2.45, 2.75) is 12.5 Å². The van der Waals surface area contributed by atoms with E-state index in [2.05, 4.69) is 15.9 Å². The van der Waals surface area contributed by atoms with Gasteiger partial charge in [-0.15, -0.1) is 23.7 Å². The summed E-state index contributed by atoms with van der Waals surface area (Å²) in [6, 6.07) is 1.97. The van der Waals surface area contributed by atoms with E-state index in [9.17, 15) is 0 Å². The molecule has 70 valence electrons. The van der Waals surface area contributed by atoms with Gasteiger partial charge in [0.2, 0.25) is 0 Å². The quantitative estimate of drug-likeness (QED) is 0.887. The summed E-state index contributed by atoms with van der Waals surface area (Å²) in [5.41, 5.74) is 5.75. The van der Waals surface area contributed by atoms with Gasteiger partial charge in [-0.3, -0.25) is 0 Å². The van der Waals surface area contributed by atoms with Gasteiger partial charge in [-0.05, 0) is 28.4 Å². The highest BCUT2D eigenvalue weighted by Gasteiger charge is 2.06. The smallest absolute Gasteiger partial charge is 0.0449 e. The van der Waals surface area contributed by atoms with Crippen molar-refractivity contribution >= 4 is 39.7 Å². The Morgan fingerprint density at radius 1 is 1.67 bits per heavy atom. The molecular weight excluding hydrogens is 262 g/mol. The summed E-state index contributed by atoms with van der Waals surface area (Å²) in [5.74, 6) is 0. The van der Waals surface area contributed by atoms with Crippen LogP contribution in [-0.2, 0) is 0 Å². The SMILES string of the molecule is Cl.N[C@H](CCO)c1cc(Br)cs1. The number of aliphatic hydroxyl groups excluding tert-OH is 1. The highest BCUT2D eigenvalue weighted by Crippen LogP contribution is 2.25. The molecule has 5 heteroatoms. The molecule has 1 rings (SSSR count). The van der Waals surface area contributed by atoms with Crippen LogP contribution in [0.3, 0.4) is 0 Å². The molecule has 0 aliphatic carbocycles. The van der Waals surface area contributed by atoms with Crippen LogP contribution in [0.1, 0.15) is 17.3 Å². The van der Waals surface area contributed by atoms with Crippen LogP contribution >= 0.6 is 39.7 Å². The molecule has 2 nitrogen and oxygen atoms in total. The van der Waals surface area contributed by atoms with Gasteiger partial charge in [-0.2, -0.15) is 0 Å². The second-order valence-electron chi connectivity index (χ2n) is 2.29. The molecule has 0 saturated heterocycles. The predicted molar refractivity (Wildman–Crippen MR) is 57.9 cm³/mol. The number of hydrogen-bond donors (Lipinski definition) is 2. The summed E-state index contributed by atoms with van der Waals surface area (Å²) in [7, 11) is 0. The minimum Gasteiger partial charge on any atom is -0.396 e. The van der Waals surface area contributed by atoms with Gasteiger partial charge in [0, 0.05) is 27.4 Å². The van der Waals surface area contributed by atoms with Gasteiger partial charge in [0.1, 0.15) is 0 Å². The molecule has 0 bridgehead atoms. The van der Waals surface area contributed by atoms with Crippen molar-refractivity contribution < 1.29 is 5.11 Å². The minimum atomic E-state index is -0.0173. The summed E-state index contributed by atoms with van der Waals surface area (Å²) in [6.45, 7) is 0.149. The molecule has 0 amide bonds. The van der Waals surface area contributed by atoms with Gasteiger partial charge in [-0.25, -0.2) is 0 Å². The number of halogens is 2. The molecule has 1 aromatic rings. The zero-order valence-electron chi connectivity index (χ0n) is 6.37. The summed E-state index contributed by atoms with van der Waals surface area (Å²) in [5, 5.41) is 10.6. The Kier molecular flexibility index (Phi) is 6.13. The maximum Gasteiger partial charge on any atom is 0.0449 e. The number of aliphatic hydroxyl groups is 1. The van der Waals surface area contributed by atoms with E-state index in [1.807, 2.05) is 11.4 Å². The van der Waals surface area contributed by atoms with Crippen molar-refractivity contribution in [1.29, 1.82) is 0 Å². The lowest BCUT2D eigenvalue weighted by molar-refractivity contribution is 0.277. The molecule has 1 heterocycles. The fraction of sp³-hybridized carbons (Fsp3) is 0.429. The van der Waals surface area contributed by atoms with Gasteiger partial charge < -0.3 is 10.8 Å². The summed E-state index contributed by atoms with van der Waals surface area (Å²) < 4.78 is 1.06. The third kappa shape index (κ3) is 3.41. The first kappa shape index (κ1) is 12.4. The Hall–Kier alpha value is 0.390. The lowest BCUT2D eigenvalue weighted by Crippen LogP contribution is -2.09. The maximum atomic E-state index is 8.62. The van der Waals surface area contributed by atoms with E-state index in [4.69, 9.17) is 10.8 Å². The average molecular weight is 273 g/mol. The second kappa shape index (κ2) is 5.94. The van der Waals surface area contributed by atoms with Crippen molar-refractivity contribution in [3.8, 4) is 0 Å². The first-order valence-electron chi connectivity index (χ1n) is 3.34. The number of nitrogens with two attached hydrogens (primary N) is 1. The molecule has 0 radical (unpaired) electrons. The van der Waals surface area contributed by atoms with Gasteiger partial charge in [-0.1, -0.05) is 0 Å². The van der Waals surface area contributed by atoms with Crippen LogP contribution in [-0.4, -0.2) is 11.7 Å². The van der Waals surface area contributed by atoms with Crippen LogP contribution < -0.4 is 5.73 Å². The zero-order valence-corrected chi connectivity index (χ0v) is 9.58. The van der Waals surface area contributed by atoms with E-state index >= 15 is 0 Å². The molecule has 0 aliphatic heterocycles. The highest BCUT2D eigenvalue weighted by molar-refractivity contribution is 9.10. The molecule has 0 saturated carbocycles. The van der Waals surface area contributed by atoms with Crippen molar-refractivity contribution in [3.63, 3.8) is 0 Å². The Balaban J connectivity index is 0.00000121. The predicted octanol–water partition coefficient (Wildman–Crippen LogP) is 2.31. The lowest BCUT2D eigenvalue weighted by Gasteiger charge is -2.05. The van der Waals surface area contributed by atoms with Crippen molar-refractivity contribution in [3.05, 3.63) is 20.8 Å². The topological polar surface area (TPSA) is 46.2 Å². The van der Waals surface area contributed by atoms with E-state index in [0.717, 1.165) is 9.35 Å². The Morgan fingerprint density at radius 3 is 2.75 bits per heavy atom. The van der Waals surface area contributed by atoms with E-state index < -0.39 is 0 Å². The van der Waals surface area contributed by atoms with Gasteiger partial charge in [0.25, 0.3) is 0 Å². The average Bonchev–Trinajstić information content (AvgIpc) is 2.36. The lowest BCUT2D eigenvalue weighted by atomic mass is 10.2. The molecule has 3 N–H and O–H groups in total. The molecule has 0 spiro atoms. The molecule has 1 aromatic heterocycles. The Bertz CT molecular complexity index is 231. The minimum absolute atomic E-state index is 0.